The highest BCUT2D eigenvalue weighted by atomic mass is 16.5. The van der Waals surface area contributed by atoms with Gasteiger partial charge in [-0.05, 0) is 12.1 Å². The van der Waals surface area contributed by atoms with E-state index in [1.807, 2.05) is 6.07 Å². The summed E-state index contributed by atoms with van der Waals surface area (Å²) in [5.74, 6) is 5.53. The van der Waals surface area contributed by atoms with E-state index in [4.69, 9.17) is 15.8 Å². The van der Waals surface area contributed by atoms with Gasteiger partial charge in [-0.3, -0.25) is 4.79 Å². The molecule has 1 atom stereocenters. The standard InChI is InChI=1S/C11H13N5O2/c12-5-9-7-16(3-4-18-9)11(17)8-1-2-10(15-13)14-6-8/h1-2,6,9H,3-4,7,13H2,(H,14,15). The molecule has 0 spiro atoms. The molecule has 1 aromatic heterocycles. The summed E-state index contributed by atoms with van der Waals surface area (Å²) in [6, 6.07) is 5.26. The average molecular weight is 247 g/mol. The number of carbonyl (C=O) groups is 1. The molecule has 18 heavy (non-hydrogen) atoms. The number of nitrogens with one attached hydrogen (secondary N) is 1. The predicted molar refractivity (Wildman–Crippen MR) is 63.3 cm³/mol. The van der Waals surface area contributed by atoms with Crippen LogP contribution in [0.1, 0.15) is 10.4 Å². The van der Waals surface area contributed by atoms with Crippen molar-refractivity contribution in [3.8, 4) is 6.07 Å². The number of nitriles is 1. The summed E-state index contributed by atoms with van der Waals surface area (Å²) in [6.45, 7) is 1.14. The van der Waals surface area contributed by atoms with Crippen molar-refractivity contribution in [2.75, 3.05) is 25.1 Å². The highest BCUT2D eigenvalue weighted by Gasteiger charge is 2.24. The third-order valence-corrected chi connectivity index (χ3v) is 2.66. The van der Waals surface area contributed by atoms with Crippen molar-refractivity contribution in [1.82, 2.24) is 9.88 Å². The van der Waals surface area contributed by atoms with Gasteiger partial charge >= 0.3 is 0 Å². The first kappa shape index (κ1) is 12.3. The lowest BCUT2D eigenvalue weighted by molar-refractivity contribution is 0.00345. The zero-order valence-electron chi connectivity index (χ0n) is 9.67. The van der Waals surface area contributed by atoms with Gasteiger partial charge in [0.1, 0.15) is 5.82 Å². The van der Waals surface area contributed by atoms with Gasteiger partial charge < -0.3 is 15.1 Å². The van der Waals surface area contributed by atoms with Gasteiger partial charge in [0, 0.05) is 12.7 Å². The molecule has 1 aliphatic rings. The lowest BCUT2D eigenvalue weighted by atomic mass is 10.2. The van der Waals surface area contributed by atoms with Gasteiger partial charge in [-0.25, -0.2) is 10.8 Å². The van der Waals surface area contributed by atoms with Crippen molar-refractivity contribution in [2.24, 2.45) is 5.84 Å². The number of carbonyl (C=O) groups excluding carboxylic acids is 1. The van der Waals surface area contributed by atoms with Gasteiger partial charge in [0.05, 0.1) is 24.8 Å². The maximum atomic E-state index is 12.1. The van der Waals surface area contributed by atoms with Gasteiger partial charge in [0.2, 0.25) is 0 Å². The van der Waals surface area contributed by atoms with Crippen molar-refractivity contribution in [1.29, 1.82) is 5.26 Å². The van der Waals surface area contributed by atoms with Crippen LogP contribution in [-0.2, 0) is 4.74 Å². The molecule has 94 valence electrons. The fraction of sp³-hybridized carbons (Fsp3) is 0.364. The van der Waals surface area contributed by atoms with Gasteiger partial charge in [0.15, 0.2) is 6.10 Å². The number of anilines is 1. The molecule has 7 heteroatoms. The number of hydrogen-bond acceptors (Lipinski definition) is 6. The molecule has 3 N–H and O–H groups in total. The van der Waals surface area contributed by atoms with E-state index in [0.717, 1.165) is 0 Å². The molecule has 0 saturated carbocycles. The summed E-state index contributed by atoms with van der Waals surface area (Å²) in [5, 5.41) is 8.78. The normalized spacial score (nSPS) is 19.1. The van der Waals surface area contributed by atoms with Crippen molar-refractivity contribution >= 4 is 11.7 Å². The summed E-state index contributed by atoms with van der Waals surface area (Å²) in [6.07, 6.45) is 0.898. The van der Waals surface area contributed by atoms with E-state index in [1.54, 1.807) is 17.0 Å². The summed E-state index contributed by atoms with van der Waals surface area (Å²) >= 11 is 0. The van der Waals surface area contributed by atoms with E-state index in [2.05, 4.69) is 10.4 Å². The van der Waals surface area contributed by atoms with Gasteiger partial charge in [-0.2, -0.15) is 5.26 Å². The lowest BCUT2D eigenvalue weighted by Crippen LogP contribution is -2.45. The number of morpholine rings is 1. The Morgan fingerprint density at radius 2 is 2.50 bits per heavy atom. The summed E-state index contributed by atoms with van der Waals surface area (Å²) in [5.41, 5.74) is 2.86. The summed E-state index contributed by atoms with van der Waals surface area (Å²) in [7, 11) is 0. The summed E-state index contributed by atoms with van der Waals surface area (Å²) < 4.78 is 5.18. The molecule has 1 unspecified atom stereocenters. The quantitative estimate of drug-likeness (QED) is 0.550. The molecule has 0 aliphatic carbocycles. The molecule has 0 aromatic carbocycles. The van der Waals surface area contributed by atoms with E-state index in [9.17, 15) is 4.79 Å². The number of aromatic nitrogens is 1. The maximum absolute atomic E-state index is 12.1. The molecule has 7 nitrogen and oxygen atoms in total. The van der Waals surface area contributed by atoms with Crippen molar-refractivity contribution < 1.29 is 9.53 Å². The third kappa shape index (κ3) is 2.56. The fourth-order valence-corrected chi connectivity index (χ4v) is 1.70. The Balaban J connectivity index is 2.08. The molecule has 2 rings (SSSR count). The molecule has 1 fully saturated rings. The van der Waals surface area contributed by atoms with Crippen LogP contribution in [-0.4, -0.2) is 41.6 Å². The van der Waals surface area contributed by atoms with Crippen LogP contribution in [0.15, 0.2) is 18.3 Å². The Kier molecular flexibility index (Phi) is 3.72. The number of ether oxygens (including phenoxy) is 1. The Bertz CT molecular complexity index is 467. The minimum absolute atomic E-state index is 0.158. The average Bonchev–Trinajstić information content (AvgIpc) is 2.46. The number of nitrogens with zero attached hydrogens (tertiary/aromatic N) is 3. The van der Waals surface area contributed by atoms with E-state index in [-0.39, 0.29) is 12.5 Å². The third-order valence-electron chi connectivity index (χ3n) is 2.66. The summed E-state index contributed by atoms with van der Waals surface area (Å²) in [4.78, 5) is 17.7. The lowest BCUT2D eigenvalue weighted by Gasteiger charge is -2.29. The Labute approximate surface area is 104 Å². The molecule has 1 aromatic rings. The first-order valence-corrected chi connectivity index (χ1v) is 5.47. The molecule has 2 heterocycles. The van der Waals surface area contributed by atoms with Crippen LogP contribution in [0.3, 0.4) is 0 Å². The minimum atomic E-state index is -0.555. The van der Waals surface area contributed by atoms with Gasteiger partial charge in [-0.1, -0.05) is 0 Å². The zero-order valence-corrected chi connectivity index (χ0v) is 9.67. The molecule has 0 radical (unpaired) electrons. The molecule has 1 aliphatic heterocycles. The van der Waals surface area contributed by atoms with Crippen molar-refractivity contribution in [3.05, 3.63) is 23.9 Å². The first-order chi connectivity index (χ1) is 8.74. The van der Waals surface area contributed by atoms with E-state index in [0.29, 0.717) is 24.5 Å². The number of nitrogens with two attached hydrogens (primary N) is 1. The van der Waals surface area contributed by atoms with Crippen molar-refractivity contribution in [2.45, 2.75) is 6.10 Å². The SMILES string of the molecule is N#CC1CN(C(=O)c2ccc(NN)nc2)CCO1. The van der Waals surface area contributed by atoms with E-state index in [1.165, 1.54) is 6.20 Å². The molecular formula is C11H13N5O2. The van der Waals surface area contributed by atoms with Crippen LogP contribution in [0.2, 0.25) is 0 Å². The van der Waals surface area contributed by atoms with Crippen molar-refractivity contribution in [3.63, 3.8) is 0 Å². The van der Waals surface area contributed by atoms with Crippen LogP contribution in [0.4, 0.5) is 5.82 Å². The first-order valence-electron chi connectivity index (χ1n) is 5.47. The second-order valence-electron chi connectivity index (χ2n) is 3.82. The number of hydrogen-bond donors (Lipinski definition) is 2. The van der Waals surface area contributed by atoms with Crippen LogP contribution in [0.5, 0.6) is 0 Å². The molecule has 1 amide bonds. The Hall–Kier alpha value is -2.17. The van der Waals surface area contributed by atoms with Crippen LogP contribution in [0, 0.1) is 11.3 Å². The fourth-order valence-electron chi connectivity index (χ4n) is 1.70. The Morgan fingerprint density at radius 1 is 1.67 bits per heavy atom. The molecule has 1 saturated heterocycles. The highest BCUT2D eigenvalue weighted by Crippen LogP contribution is 2.11. The number of amides is 1. The van der Waals surface area contributed by atoms with Gasteiger partial charge in [0.25, 0.3) is 5.91 Å². The van der Waals surface area contributed by atoms with Gasteiger partial charge in [-0.15, -0.1) is 0 Å². The zero-order chi connectivity index (χ0) is 13.0. The highest BCUT2D eigenvalue weighted by molar-refractivity contribution is 5.94. The number of rotatable bonds is 2. The van der Waals surface area contributed by atoms with Crippen LogP contribution < -0.4 is 11.3 Å². The van der Waals surface area contributed by atoms with Crippen LogP contribution >= 0.6 is 0 Å². The monoisotopic (exact) mass is 247 g/mol. The maximum Gasteiger partial charge on any atom is 0.255 e. The van der Waals surface area contributed by atoms with E-state index < -0.39 is 6.10 Å². The molecule has 0 bridgehead atoms. The largest absolute Gasteiger partial charge is 0.360 e. The topological polar surface area (TPSA) is 104 Å². The number of pyridine rings is 1. The second kappa shape index (κ2) is 5.44. The second-order valence-corrected chi connectivity index (χ2v) is 3.82. The number of nitrogen functional groups attached to an aromatic ring is 1. The van der Waals surface area contributed by atoms with Crippen LogP contribution in [0.25, 0.3) is 0 Å². The smallest absolute Gasteiger partial charge is 0.255 e. The van der Waals surface area contributed by atoms with E-state index >= 15 is 0 Å². The molecular weight excluding hydrogens is 234 g/mol. The minimum Gasteiger partial charge on any atom is -0.360 e. The predicted octanol–water partition coefficient (Wildman–Crippen LogP) is -0.268. The Morgan fingerprint density at radius 3 is 3.11 bits per heavy atom. The number of hydrazine groups is 1.